The van der Waals surface area contributed by atoms with Gasteiger partial charge in [0.1, 0.15) is 27.9 Å². The minimum atomic E-state index is -0.127. The highest BCUT2D eigenvalue weighted by Gasteiger charge is 2.46. The number of furan rings is 2. The van der Waals surface area contributed by atoms with E-state index in [0.717, 1.165) is 49.7 Å². The fraction of sp³-hybridized carbons (Fsp3) is 0.0545. The van der Waals surface area contributed by atoms with E-state index < -0.39 is 0 Å². The second-order valence-electron chi connectivity index (χ2n) is 17.4. The Balaban J connectivity index is 1.20. The summed E-state index contributed by atoms with van der Waals surface area (Å²) in [7, 11) is 0. The fourth-order valence-corrected chi connectivity index (χ4v) is 11.8. The molecule has 2 aliphatic heterocycles. The van der Waals surface area contributed by atoms with Crippen LogP contribution in [0.4, 0.5) is 17.1 Å². The molecule has 284 valence electrons. The monoisotopic (exact) mass is 779 g/mol. The number of rotatable bonds is 1. The molecule has 13 aromatic rings. The Morgan fingerprint density at radius 3 is 1.80 bits per heavy atom. The topological polar surface area (TPSA) is 38.9 Å². The maximum atomic E-state index is 7.13. The number of imidazole rings is 1. The first kappa shape index (κ1) is 32.2. The van der Waals surface area contributed by atoms with Crippen LogP contribution in [-0.2, 0) is 0 Å². The van der Waals surface area contributed by atoms with E-state index in [0.29, 0.717) is 0 Å². The summed E-state index contributed by atoms with van der Waals surface area (Å²) in [5.74, 6) is 0. The summed E-state index contributed by atoms with van der Waals surface area (Å²) in [6, 6.07) is 56.0. The minimum absolute atomic E-state index is 0.127. The molecule has 0 saturated carbocycles. The summed E-state index contributed by atoms with van der Waals surface area (Å²) in [4.78, 5) is 2.56. The largest absolute Gasteiger partial charge is 0.456 e. The molecule has 4 aromatic heterocycles. The fourth-order valence-electron chi connectivity index (χ4n) is 11.8. The van der Waals surface area contributed by atoms with Crippen LogP contribution >= 0.6 is 0 Å². The zero-order valence-corrected chi connectivity index (χ0v) is 33.7. The average Bonchev–Trinajstić information content (AvgIpc) is 4.03. The van der Waals surface area contributed by atoms with Crippen molar-refractivity contribution in [2.45, 2.75) is 20.8 Å². The summed E-state index contributed by atoms with van der Waals surface area (Å²) in [6.45, 7) is 6.61. The Labute approximate surface area is 349 Å². The number of benzene rings is 9. The maximum absolute atomic E-state index is 7.13. The second-order valence-corrected chi connectivity index (χ2v) is 17.4. The summed E-state index contributed by atoms with van der Waals surface area (Å²) in [6.07, 6.45) is 0. The van der Waals surface area contributed by atoms with Crippen LogP contribution in [0.3, 0.4) is 0 Å². The molecule has 0 radical (unpaired) electrons. The first-order valence-electron chi connectivity index (χ1n) is 21.2. The molecule has 0 aliphatic carbocycles. The van der Waals surface area contributed by atoms with E-state index >= 15 is 0 Å². The van der Waals surface area contributed by atoms with Gasteiger partial charge in [-0.3, -0.25) is 8.97 Å². The van der Waals surface area contributed by atoms with Crippen molar-refractivity contribution in [1.82, 2.24) is 8.97 Å². The molecule has 0 bridgehead atoms. The van der Waals surface area contributed by atoms with Crippen LogP contribution in [0.5, 0.6) is 0 Å². The van der Waals surface area contributed by atoms with E-state index in [4.69, 9.17) is 8.83 Å². The standard InChI is InChI=1S/C55H34BN3O2/c1-29-23-31(3)52-45(26-29)59-53-37-18-9-11-21-47(37)61-54(53)51-55(59)58(52)44-25-30(2)24-43-50(44)56(51)40-27-38-34-15-6-4-13-32(34)33-14-5-7-16-35(33)39(38)28-42(40)57(43)41-19-12-22-48-49(41)36-17-8-10-20-46(36)60-48/h4-28H,1-3H3. The summed E-state index contributed by atoms with van der Waals surface area (Å²) >= 11 is 0. The first-order valence-corrected chi connectivity index (χ1v) is 21.2. The number of hydrogen-bond donors (Lipinski definition) is 0. The highest BCUT2D eigenvalue weighted by Crippen LogP contribution is 2.49. The predicted octanol–water partition coefficient (Wildman–Crippen LogP) is 12.7. The van der Waals surface area contributed by atoms with Crippen molar-refractivity contribution < 1.29 is 8.83 Å². The van der Waals surface area contributed by atoms with Crippen molar-refractivity contribution in [3.63, 3.8) is 0 Å². The van der Waals surface area contributed by atoms with Crippen molar-refractivity contribution in [3.05, 3.63) is 168 Å². The number of para-hydroxylation sites is 2. The van der Waals surface area contributed by atoms with E-state index in [-0.39, 0.29) is 6.71 Å². The SMILES string of the molecule is Cc1cc2c3c(c1)-n1c4c(C)cc(C)cc4n4c5c(oc6ccccc65)c(c14)B3c1cc3c4ccccc4c4ccccc4c3cc1N2c1cccc2oc3ccccc3c12. The van der Waals surface area contributed by atoms with Crippen LogP contribution < -0.4 is 21.3 Å². The lowest BCUT2D eigenvalue weighted by molar-refractivity contribution is 0.669. The van der Waals surface area contributed by atoms with Crippen LogP contribution in [0, 0.1) is 20.8 Å². The first-order chi connectivity index (χ1) is 30.0. The zero-order valence-electron chi connectivity index (χ0n) is 33.7. The van der Waals surface area contributed by atoms with Crippen LogP contribution in [0.25, 0.3) is 98.7 Å². The van der Waals surface area contributed by atoms with Gasteiger partial charge in [-0.2, -0.15) is 0 Å². The Kier molecular flexibility index (Phi) is 5.76. The molecular weight excluding hydrogens is 745 g/mol. The Bertz CT molecular complexity index is 4180. The third-order valence-corrected chi connectivity index (χ3v) is 14.0. The van der Waals surface area contributed by atoms with Crippen LogP contribution in [0.15, 0.2) is 160 Å². The average molecular weight is 780 g/mol. The van der Waals surface area contributed by atoms with Gasteiger partial charge in [-0.1, -0.05) is 97.1 Å². The van der Waals surface area contributed by atoms with Gasteiger partial charge in [0, 0.05) is 33.3 Å². The van der Waals surface area contributed by atoms with E-state index in [1.807, 2.05) is 0 Å². The lowest BCUT2D eigenvalue weighted by atomic mass is 9.34. The molecule has 0 unspecified atom stereocenters. The van der Waals surface area contributed by atoms with Crippen molar-refractivity contribution in [2.24, 2.45) is 0 Å². The summed E-state index contributed by atoms with van der Waals surface area (Å²) in [5.41, 5.74) is 20.5. The van der Waals surface area contributed by atoms with Gasteiger partial charge in [0.25, 0.3) is 6.71 Å². The van der Waals surface area contributed by atoms with Crippen LogP contribution in [0.1, 0.15) is 16.7 Å². The molecule has 9 aromatic carbocycles. The van der Waals surface area contributed by atoms with Crippen molar-refractivity contribution in [1.29, 1.82) is 0 Å². The molecule has 0 fully saturated rings. The van der Waals surface area contributed by atoms with Gasteiger partial charge in [0.05, 0.1) is 22.1 Å². The van der Waals surface area contributed by atoms with Gasteiger partial charge in [0.2, 0.25) is 0 Å². The van der Waals surface area contributed by atoms with Crippen molar-refractivity contribution in [2.75, 3.05) is 4.90 Å². The predicted molar refractivity (Wildman–Crippen MR) is 255 cm³/mol. The molecule has 0 spiro atoms. The van der Waals surface area contributed by atoms with E-state index in [1.54, 1.807) is 0 Å². The molecule has 0 saturated heterocycles. The summed E-state index contributed by atoms with van der Waals surface area (Å²) in [5, 5.41) is 10.9. The molecule has 0 atom stereocenters. The van der Waals surface area contributed by atoms with Crippen LogP contribution in [-0.4, -0.2) is 15.7 Å². The third-order valence-electron chi connectivity index (χ3n) is 14.0. The Morgan fingerprint density at radius 2 is 1.05 bits per heavy atom. The van der Waals surface area contributed by atoms with Gasteiger partial charge >= 0.3 is 0 Å². The van der Waals surface area contributed by atoms with E-state index in [2.05, 4.69) is 186 Å². The Morgan fingerprint density at radius 1 is 0.443 bits per heavy atom. The molecule has 5 nitrogen and oxygen atoms in total. The zero-order chi connectivity index (χ0) is 40.0. The van der Waals surface area contributed by atoms with Gasteiger partial charge in [0.15, 0.2) is 5.58 Å². The molecular formula is C55H34BN3O2. The minimum Gasteiger partial charge on any atom is -0.456 e. The second kappa shape index (κ2) is 10.9. The molecule has 0 amide bonds. The number of hydrogen-bond acceptors (Lipinski definition) is 3. The number of fused-ring (bicyclic) bond motifs is 21. The van der Waals surface area contributed by atoms with Gasteiger partial charge in [-0.25, -0.2) is 0 Å². The third kappa shape index (κ3) is 3.81. The molecule has 6 heterocycles. The van der Waals surface area contributed by atoms with Gasteiger partial charge in [-0.05, 0) is 135 Å². The molecule has 15 rings (SSSR count). The van der Waals surface area contributed by atoms with Crippen molar-refractivity contribution >= 4 is 133 Å². The van der Waals surface area contributed by atoms with Crippen molar-refractivity contribution in [3.8, 4) is 5.69 Å². The normalized spacial score (nSPS) is 13.4. The molecule has 6 heteroatoms. The van der Waals surface area contributed by atoms with Gasteiger partial charge in [-0.15, -0.1) is 0 Å². The Hall–Kier alpha value is -7.70. The van der Waals surface area contributed by atoms with Crippen LogP contribution in [0.2, 0.25) is 0 Å². The smallest absolute Gasteiger partial charge is 0.259 e. The number of nitrogens with zero attached hydrogens (tertiary/aromatic N) is 3. The van der Waals surface area contributed by atoms with E-state index in [1.165, 1.54) is 99.1 Å². The maximum Gasteiger partial charge on any atom is 0.259 e. The van der Waals surface area contributed by atoms with E-state index in [9.17, 15) is 0 Å². The number of aryl methyl sites for hydroxylation is 3. The molecule has 61 heavy (non-hydrogen) atoms. The number of anilines is 3. The highest BCUT2D eigenvalue weighted by molar-refractivity contribution is 7.01. The number of aromatic nitrogens is 2. The summed E-state index contributed by atoms with van der Waals surface area (Å²) < 4.78 is 18.8. The lowest BCUT2D eigenvalue weighted by Crippen LogP contribution is -2.60. The lowest BCUT2D eigenvalue weighted by Gasteiger charge is -2.40. The highest BCUT2D eigenvalue weighted by atomic mass is 16.3. The van der Waals surface area contributed by atoms with Gasteiger partial charge < -0.3 is 13.7 Å². The molecule has 2 aliphatic rings. The quantitative estimate of drug-likeness (QED) is 0.123. The molecule has 0 N–H and O–H groups in total.